The third-order valence-corrected chi connectivity index (χ3v) is 7.90. The molecule has 1 fully saturated rings. The van der Waals surface area contributed by atoms with Crippen LogP contribution >= 0.6 is 11.6 Å². The molecule has 0 N–H and O–H groups in total. The lowest BCUT2D eigenvalue weighted by atomic mass is 10.0. The summed E-state index contributed by atoms with van der Waals surface area (Å²) < 4.78 is 34.6. The second kappa shape index (κ2) is 8.57. The molecule has 0 aliphatic carbocycles. The molecule has 0 saturated carbocycles. The first kappa shape index (κ1) is 21.2. The minimum absolute atomic E-state index is 0.0922. The second-order valence-corrected chi connectivity index (χ2v) is 10.0. The Morgan fingerprint density at radius 2 is 1.83 bits per heavy atom. The Balaban J connectivity index is 1.72. The van der Waals surface area contributed by atoms with Crippen LogP contribution in [0, 0.1) is 0 Å². The van der Waals surface area contributed by atoms with Gasteiger partial charge in [-0.3, -0.25) is 4.79 Å². The molecule has 2 aromatic carbocycles. The van der Waals surface area contributed by atoms with Crippen molar-refractivity contribution in [3.8, 4) is 5.75 Å². The molecule has 2 aliphatic rings. The smallest absolute Gasteiger partial charge is 0.243 e. The lowest BCUT2D eigenvalue weighted by Crippen LogP contribution is -2.37. The van der Waals surface area contributed by atoms with Crippen LogP contribution in [0.4, 0.5) is 5.69 Å². The Bertz CT molecular complexity index is 1040. The maximum atomic E-state index is 13.7. The van der Waals surface area contributed by atoms with Gasteiger partial charge in [-0.15, -0.1) is 0 Å². The summed E-state index contributed by atoms with van der Waals surface area (Å²) in [6.07, 6.45) is 3.56. The molecular weight excluding hydrogens is 424 g/mol. The molecule has 0 bridgehead atoms. The molecule has 2 aromatic rings. The molecule has 0 spiro atoms. The molecule has 0 aromatic heterocycles. The van der Waals surface area contributed by atoms with E-state index in [1.54, 1.807) is 39.5 Å². The van der Waals surface area contributed by atoms with Crippen LogP contribution in [0.2, 0.25) is 5.02 Å². The van der Waals surface area contributed by atoms with E-state index < -0.39 is 10.0 Å². The van der Waals surface area contributed by atoms with Gasteiger partial charge in [-0.05, 0) is 42.7 Å². The van der Waals surface area contributed by atoms with Gasteiger partial charge >= 0.3 is 0 Å². The number of rotatable bonds is 3. The van der Waals surface area contributed by atoms with E-state index in [0.717, 1.165) is 31.2 Å². The first-order chi connectivity index (χ1) is 14.4. The van der Waals surface area contributed by atoms with Gasteiger partial charge in [0.15, 0.2) is 0 Å². The number of ether oxygens (including phenoxy) is 1. The molecule has 6 nitrogen and oxygen atoms in total. The van der Waals surface area contributed by atoms with Gasteiger partial charge in [0.25, 0.3) is 0 Å². The van der Waals surface area contributed by atoms with Crippen LogP contribution in [0.5, 0.6) is 5.75 Å². The van der Waals surface area contributed by atoms with Crippen molar-refractivity contribution in [1.82, 2.24) is 4.31 Å². The third-order valence-electron chi connectivity index (χ3n) is 5.74. The van der Waals surface area contributed by atoms with Crippen molar-refractivity contribution in [1.29, 1.82) is 0 Å². The Hall–Kier alpha value is -2.09. The normalized spacial score (nSPS) is 20.2. The molecular formula is C22H25ClN2O4S. The van der Waals surface area contributed by atoms with Crippen LogP contribution in [0.15, 0.2) is 47.4 Å². The van der Waals surface area contributed by atoms with Gasteiger partial charge in [-0.2, -0.15) is 4.31 Å². The minimum atomic E-state index is -3.75. The molecule has 8 heteroatoms. The minimum Gasteiger partial charge on any atom is -0.489 e. The summed E-state index contributed by atoms with van der Waals surface area (Å²) in [5.41, 5.74) is 1.56. The average Bonchev–Trinajstić information content (AvgIpc) is 3.00. The van der Waals surface area contributed by atoms with Crippen LogP contribution in [-0.2, 0) is 14.8 Å². The average molecular weight is 449 g/mol. The standard InChI is InChI=1S/C22H25ClN2O4S/c1-16(26)24-13-14-29-22-15-19(10-11-21(22)24)30(27,28)25-12-4-2-3-5-20(25)17-6-8-18(23)9-7-17/h6-11,15,20H,2-5,12-14H2,1H3/t20-/m1/s1. The van der Waals surface area contributed by atoms with E-state index in [1.165, 1.54) is 6.92 Å². The van der Waals surface area contributed by atoms with E-state index in [2.05, 4.69) is 0 Å². The summed E-state index contributed by atoms with van der Waals surface area (Å²) in [6, 6.07) is 12.0. The number of carbonyl (C=O) groups excluding carboxylic acids is 1. The molecule has 2 aliphatic heterocycles. The van der Waals surface area contributed by atoms with Crippen molar-refractivity contribution >= 4 is 33.2 Å². The molecule has 0 radical (unpaired) electrons. The van der Waals surface area contributed by atoms with Crippen LogP contribution < -0.4 is 9.64 Å². The summed E-state index contributed by atoms with van der Waals surface area (Å²) in [5, 5.41) is 0.628. The Morgan fingerprint density at radius 1 is 1.07 bits per heavy atom. The number of sulfonamides is 1. The fraction of sp³-hybridized carbons (Fsp3) is 0.409. The predicted molar refractivity (Wildman–Crippen MR) is 117 cm³/mol. The zero-order chi connectivity index (χ0) is 21.3. The second-order valence-electron chi connectivity index (χ2n) is 7.68. The van der Waals surface area contributed by atoms with E-state index in [4.69, 9.17) is 16.3 Å². The number of halogens is 1. The number of fused-ring (bicyclic) bond motifs is 1. The lowest BCUT2D eigenvalue weighted by Gasteiger charge is -2.31. The molecule has 30 heavy (non-hydrogen) atoms. The van der Waals surface area contributed by atoms with Crippen molar-refractivity contribution in [3.05, 3.63) is 53.1 Å². The van der Waals surface area contributed by atoms with E-state index in [0.29, 0.717) is 36.2 Å². The Kier molecular flexibility index (Phi) is 6.04. The molecule has 0 unspecified atom stereocenters. The number of benzene rings is 2. The number of carbonyl (C=O) groups is 1. The van der Waals surface area contributed by atoms with Crippen LogP contribution in [-0.4, -0.2) is 38.3 Å². The number of amides is 1. The highest BCUT2D eigenvalue weighted by molar-refractivity contribution is 7.89. The summed E-state index contributed by atoms with van der Waals surface area (Å²) in [6.45, 7) is 2.76. The van der Waals surface area contributed by atoms with E-state index in [1.807, 2.05) is 12.1 Å². The predicted octanol–water partition coefficient (Wildman–Crippen LogP) is 4.39. The summed E-state index contributed by atoms with van der Waals surface area (Å²) in [5.74, 6) is 0.334. The van der Waals surface area contributed by atoms with Gasteiger partial charge in [-0.1, -0.05) is 36.6 Å². The third kappa shape index (κ3) is 4.06. The first-order valence-electron chi connectivity index (χ1n) is 10.2. The molecule has 1 atom stereocenters. The number of hydrogen-bond donors (Lipinski definition) is 0. The summed E-state index contributed by atoms with van der Waals surface area (Å²) in [7, 11) is -3.75. The highest BCUT2D eigenvalue weighted by Gasteiger charge is 2.34. The zero-order valence-corrected chi connectivity index (χ0v) is 18.5. The van der Waals surface area contributed by atoms with Crippen LogP contribution in [0.1, 0.15) is 44.2 Å². The van der Waals surface area contributed by atoms with Crippen molar-refractivity contribution in [2.45, 2.75) is 43.5 Å². The van der Waals surface area contributed by atoms with E-state index >= 15 is 0 Å². The van der Waals surface area contributed by atoms with Gasteiger partial charge in [0.2, 0.25) is 15.9 Å². The van der Waals surface area contributed by atoms with Gasteiger partial charge in [-0.25, -0.2) is 8.42 Å². The van der Waals surface area contributed by atoms with Crippen LogP contribution in [0.3, 0.4) is 0 Å². The van der Waals surface area contributed by atoms with Crippen molar-refractivity contribution < 1.29 is 17.9 Å². The van der Waals surface area contributed by atoms with Crippen LogP contribution in [0.25, 0.3) is 0 Å². The van der Waals surface area contributed by atoms with E-state index in [-0.39, 0.29) is 16.8 Å². The summed E-state index contributed by atoms with van der Waals surface area (Å²) >= 11 is 6.03. The van der Waals surface area contributed by atoms with Crippen molar-refractivity contribution in [3.63, 3.8) is 0 Å². The maximum Gasteiger partial charge on any atom is 0.243 e. The van der Waals surface area contributed by atoms with Gasteiger partial charge in [0, 0.05) is 24.6 Å². The first-order valence-corrected chi connectivity index (χ1v) is 12.0. The topological polar surface area (TPSA) is 66.9 Å². The van der Waals surface area contributed by atoms with Gasteiger partial charge in [0.1, 0.15) is 12.4 Å². The molecule has 160 valence electrons. The fourth-order valence-corrected chi connectivity index (χ4v) is 6.04. The molecule has 1 amide bonds. The molecule has 1 saturated heterocycles. The van der Waals surface area contributed by atoms with Crippen molar-refractivity contribution in [2.75, 3.05) is 24.6 Å². The fourth-order valence-electron chi connectivity index (χ4n) is 4.21. The van der Waals surface area contributed by atoms with Gasteiger partial charge in [0.05, 0.1) is 23.2 Å². The quantitative estimate of drug-likeness (QED) is 0.698. The number of anilines is 1. The van der Waals surface area contributed by atoms with Crippen molar-refractivity contribution in [2.24, 2.45) is 0 Å². The SMILES string of the molecule is CC(=O)N1CCOc2cc(S(=O)(=O)N3CCCCC[C@@H]3c3ccc(Cl)cc3)ccc21. The highest BCUT2D eigenvalue weighted by atomic mass is 35.5. The zero-order valence-electron chi connectivity index (χ0n) is 16.9. The number of nitrogens with zero attached hydrogens (tertiary/aromatic N) is 2. The molecule has 2 heterocycles. The maximum absolute atomic E-state index is 13.7. The Morgan fingerprint density at radius 3 is 2.57 bits per heavy atom. The van der Waals surface area contributed by atoms with E-state index in [9.17, 15) is 13.2 Å². The largest absolute Gasteiger partial charge is 0.489 e. The molecule has 4 rings (SSSR count). The highest BCUT2D eigenvalue weighted by Crippen LogP contribution is 2.38. The summed E-state index contributed by atoms with van der Waals surface area (Å²) in [4.78, 5) is 13.7. The monoisotopic (exact) mass is 448 g/mol. The Labute approximate surface area is 182 Å². The van der Waals surface area contributed by atoms with Gasteiger partial charge < -0.3 is 9.64 Å². The number of hydrogen-bond acceptors (Lipinski definition) is 4. The lowest BCUT2D eigenvalue weighted by molar-refractivity contribution is -0.116.